The molecule has 1 aromatic heterocycles. The van der Waals surface area contributed by atoms with Crippen molar-refractivity contribution in [1.82, 2.24) is 0 Å². The molecule has 1 heterocycles. The second kappa shape index (κ2) is 3.84. The molecule has 0 radical (unpaired) electrons. The minimum Gasteiger partial charge on any atom is -0.449 e. The van der Waals surface area contributed by atoms with E-state index in [0.29, 0.717) is 5.58 Å². The molecule has 2 aromatic rings. The van der Waals surface area contributed by atoms with Crippen LogP contribution in [0.25, 0.3) is 11.0 Å². The molecule has 4 nitrogen and oxygen atoms in total. The van der Waals surface area contributed by atoms with E-state index in [0.717, 1.165) is 5.39 Å². The third kappa shape index (κ3) is 1.81. The summed E-state index contributed by atoms with van der Waals surface area (Å²) in [5.74, 6) is -0.501. The van der Waals surface area contributed by atoms with Crippen LogP contribution in [0, 0.1) is 11.3 Å². The molecule has 15 heavy (non-hydrogen) atoms. The topological polar surface area (TPSA) is 63.2 Å². The highest BCUT2D eigenvalue weighted by Gasteiger charge is 2.12. The van der Waals surface area contributed by atoms with Gasteiger partial charge in [0.05, 0.1) is 0 Å². The van der Waals surface area contributed by atoms with E-state index in [1.54, 1.807) is 18.2 Å². The van der Waals surface area contributed by atoms with Crippen LogP contribution in [0.15, 0.2) is 34.7 Å². The first-order chi connectivity index (χ1) is 7.31. The highest BCUT2D eigenvalue weighted by atomic mass is 16.5. The first-order valence-electron chi connectivity index (χ1n) is 4.34. The molecule has 1 aromatic carbocycles. The van der Waals surface area contributed by atoms with Crippen molar-refractivity contribution in [3.05, 3.63) is 36.1 Å². The van der Waals surface area contributed by atoms with Crippen LogP contribution >= 0.6 is 0 Å². The molecule has 0 fully saturated rings. The molecule has 0 amide bonds. The van der Waals surface area contributed by atoms with Crippen LogP contribution in [0.1, 0.15) is 10.6 Å². The lowest BCUT2D eigenvalue weighted by Crippen LogP contribution is -2.03. The zero-order valence-corrected chi connectivity index (χ0v) is 7.77. The molecule has 0 spiro atoms. The molecule has 0 saturated carbocycles. The van der Waals surface area contributed by atoms with Crippen molar-refractivity contribution in [2.75, 3.05) is 6.61 Å². The van der Waals surface area contributed by atoms with Crippen LogP contribution in [0.3, 0.4) is 0 Å². The molecule has 0 aliphatic rings. The molecule has 0 aliphatic carbocycles. The van der Waals surface area contributed by atoms with Crippen molar-refractivity contribution in [1.29, 1.82) is 5.26 Å². The summed E-state index contributed by atoms with van der Waals surface area (Å²) in [4.78, 5) is 11.3. The van der Waals surface area contributed by atoms with Crippen molar-refractivity contribution >= 4 is 16.9 Å². The van der Waals surface area contributed by atoms with Gasteiger partial charge in [-0.25, -0.2) is 4.79 Å². The first-order valence-corrected chi connectivity index (χ1v) is 4.34. The van der Waals surface area contributed by atoms with Crippen molar-refractivity contribution in [2.24, 2.45) is 0 Å². The number of nitrogens with zero attached hydrogens (tertiary/aromatic N) is 1. The van der Waals surface area contributed by atoms with Crippen molar-refractivity contribution in [2.45, 2.75) is 0 Å². The van der Waals surface area contributed by atoms with E-state index in [-0.39, 0.29) is 12.4 Å². The Morgan fingerprint density at radius 3 is 3.00 bits per heavy atom. The van der Waals surface area contributed by atoms with Gasteiger partial charge < -0.3 is 9.15 Å². The molecule has 4 heteroatoms. The predicted octanol–water partition coefficient (Wildman–Crippen LogP) is 2.11. The van der Waals surface area contributed by atoms with Crippen molar-refractivity contribution in [3.8, 4) is 6.07 Å². The van der Waals surface area contributed by atoms with Crippen LogP contribution in [-0.4, -0.2) is 12.6 Å². The van der Waals surface area contributed by atoms with Crippen molar-refractivity contribution in [3.63, 3.8) is 0 Å². The maximum atomic E-state index is 11.3. The molecule has 0 N–H and O–H groups in total. The minimum atomic E-state index is -0.618. The molecule has 0 aliphatic heterocycles. The summed E-state index contributed by atoms with van der Waals surface area (Å²) in [5, 5.41) is 9.08. The molecule has 2 rings (SSSR count). The number of nitriles is 1. The van der Waals surface area contributed by atoms with Gasteiger partial charge in [0.2, 0.25) is 5.76 Å². The van der Waals surface area contributed by atoms with E-state index < -0.39 is 5.97 Å². The highest BCUT2D eigenvalue weighted by molar-refractivity contribution is 5.92. The van der Waals surface area contributed by atoms with E-state index in [9.17, 15) is 4.79 Å². The predicted molar refractivity (Wildman–Crippen MR) is 52.1 cm³/mol. The SMILES string of the molecule is N#CCOC(=O)c1cc2ccccc2o1. The highest BCUT2D eigenvalue weighted by Crippen LogP contribution is 2.19. The Labute approximate surface area is 85.7 Å². The molecular weight excluding hydrogens is 194 g/mol. The summed E-state index contributed by atoms with van der Waals surface area (Å²) in [6.07, 6.45) is 0. The number of hydrogen-bond donors (Lipinski definition) is 0. The molecule has 0 unspecified atom stereocenters. The number of hydrogen-bond acceptors (Lipinski definition) is 4. The number of para-hydroxylation sites is 1. The number of fused-ring (bicyclic) bond motifs is 1. The number of furan rings is 1. The summed E-state index contributed by atoms with van der Waals surface area (Å²) >= 11 is 0. The summed E-state index contributed by atoms with van der Waals surface area (Å²) < 4.78 is 9.86. The summed E-state index contributed by atoms with van der Waals surface area (Å²) in [6.45, 7) is -0.268. The van der Waals surface area contributed by atoms with Crippen LogP contribution in [0.4, 0.5) is 0 Å². The smallest absolute Gasteiger partial charge is 0.375 e. The summed E-state index contributed by atoms with van der Waals surface area (Å²) in [6, 6.07) is 10.6. The average Bonchev–Trinajstić information content (AvgIpc) is 2.69. The number of rotatable bonds is 2. The van der Waals surface area contributed by atoms with Gasteiger partial charge in [-0.05, 0) is 12.1 Å². The van der Waals surface area contributed by atoms with Crippen molar-refractivity contribution < 1.29 is 13.9 Å². The van der Waals surface area contributed by atoms with Crippen LogP contribution < -0.4 is 0 Å². The molecule has 0 atom stereocenters. The Bertz CT molecular complexity index is 503. The van der Waals surface area contributed by atoms with E-state index >= 15 is 0 Å². The molecular formula is C11H7NO3. The monoisotopic (exact) mass is 201 g/mol. The van der Waals surface area contributed by atoms with Gasteiger partial charge in [-0.1, -0.05) is 18.2 Å². The Morgan fingerprint density at radius 1 is 1.47 bits per heavy atom. The maximum absolute atomic E-state index is 11.3. The van der Waals surface area contributed by atoms with Gasteiger partial charge in [0, 0.05) is 5.39 Å². The van der Waals surface area contributed by atoms with Crippen LogP contribution in [0.5, 0.6) is 0 Å². The number of carbonyl (C=O) groups is 1. The molecule has 0 saturated heterocycles. The van der Waals surface area contributed by atoms with Gasteiger partial charge in [-0.2, -0.15) is 5.26 Å². The first kappa shape index (κ1) is 9.28. The summed E-state index contributed by atoms with van der Waals surface area (Å²) in [5.41, 5.74) is 0.626. The lowest BCUT2D eigenvalue weighted by Gasteiger charge is -1.93. The quantitative estimate of drug-likeness (QED) is 0.698. The second-order valence-electron chi connectivity index (χ2n) is 2.88. The van der Waals surface area contributed by atoms with E-state index in [2.05, 4.69) is 4.74 Å². The normalized spacial score (nSPS) is 9.80. The standard InChI is InChI=1S/C11H7NO3/c12-5-6-14-11(13)10-7-8-3-1-2-4-9(8)15-10/h1-4,7H,6H2. The van der Waals surface area contributed by atoms with E-state index in [4.69, 9.17) is 9.68 Å². The average molecular weight is 201 g/mol. The molecule has 74 valence electrons. The van der Waals surface area contributed by atoms with Gasteiger partial charge in [-0.3, -0.25) is 0 Å². The zero-order chi connectivity index (χ0) is 10.7. The van der Waals surface area contributed by atoms with Gasteiger partial charge in [0.1, 0.15) is 11.7 Å². The van der Waals surface area contributed by atoms with Gasteiger partial charge in [0.15, 0.2) is 6.61 Å². The Hall–Kier alpha value is -2.28. The number of carbonyl (C=O) groups excluding carboxylic acids is 1. The van der Waals surface area contributed by atoms with Gasteiger partial charge in [-0.15, -0.1) is 0 Å². The van der Waals surface area contributed by atoms with E-state index in [1.165, 1.54) is 0 Å². The van der Waals surface area contributed by atoms with Crippen LogP contribution in [-0.2, 0) is 4.74 Å². The van der Waals surface area contributed by atoms with Crippen LogP contribution in [0.2, 0.25) is 0 Å². The number of esters is 1. The number of benzene rings is 1. The fourth-order valence-corrected chi connectivity index (χ4v) is 1.25. The largest absolute Gasteiger partial charge is 0.449 e. The minimum absolute atomic E-state index is 0.117. The van der Waals surface area contributed by atoms with Gasteiger partial charge >= 0.3 is 5.97 Å². The Kier molecular flexibility index (Phi) is 2.38. The van der Waals surface area contributed by atoms with E-state index in [1.807, 2.05) is 18.2 Å². The zero-order valence-electron chi connectivity index (χ0n) is 7.77. The fourth-order valence-electron chi connectivity index (χ4n) is 1.25. The summed E-state index contributed by atoms with van der Waals surface area (Å²) in [7, 11) is 0. The molecule has 0 bridgehead atoms. The maximum Gasteiger partial charge on any atom is 0.375 e. The third-order valence-electron chi connectivity index (χ3n) is 1.89. The third-order valence-corrected chi connectivity index (χ3v) is 1.89. The lowest BCUT2D eigenvalue weighted by molar-refractivity contribution is 0.0521. The Morgan fingerprint density at radius 2 is 2.27 bits per heavy atom. The fraction of sp³-hybridized carbons (Fsp3) is 0.0909. The second-order valence-corrected chi connectivity index (χ2v) is 2.88. The number of ether oxygens (including phenoxy) is 1. The lowest BCUT2D eigenvalue weighted by atomic mass is 10.2. The van der Waals surface area contributed by atoms with Gasteiger partial charge in [0.25, 0.3) is 0 Å². The Balaban J connectivity index is 2.29.